The maximum absolute atomic E-state index is 10.2. The molecule has 1 rings (SSSR count). The molecule has 1 aromatic heterocycles. The summed E-state index contributed by atoms with van der Waals surface area (Å²) in [6.07, 6.45) is 7.39. The minimum absolute atomic E-state index is 0.267. The van der Waals surface area contributed by atoms with E-state index >= 15 is 0 Å². The second kappa shape index (κ2) is 7.00. The van der Waals surface area contributed by atoms with Crippen LogP contribution in [0.15, 0.2) is 18.7 Å². The predicted octanol–water partition coefficient (Wildman–Crippen LogP) is 0.728. The van der Waals surface area contributed by atoms with Crippen LogP contribution in [0, 0.1) is 0 Å². The lowest BCUT2D eigenvalue weighted by molar-refractivity contribution is -0.137. The van der Waals surface area contributed by atoms with Crippen molar-refractivity contribution >= 4 is 5.97 Å². The number of carboxylic acids is 1. The number of unbranched alkanes of at least 4 members (excludes halogenated alkanes) is 1. The van der Waals surface area contributed by atoms with Crippen LogP contribution in [0.1, 0.15) is 19.3 Å². The van der Waals surface area contributed by atoms with Gasteiger partial charge < -0.3 is 15.0 Å². The number of rotatable bonds is 8. The summed E-state index contributed by atoms with van der Waals surface area (Å²) in [5, 5.41) is 11.7. The molecule has 0 atom stereocenters. The van der Waals surface area contributed by atoms with Gasteiger partial charge >= 0.3 is 5.97 Å². The average molecular weight is 211 g/mol. The second-order valence-electron chi connectivity index (χ2n) is 3.40. The molecule has 0 aliphatic rings. The normalized spacial score (nSPS) is 10.4. The van der Waals surface area contributed by atoms with Crippen LogP contribution in [0.2, 0.25) is 0 Å². The maximum atomic E-state index is 10.2. The van der Waals surface area contributed by atoms with E-state index < -0.39 is 5.97 Å². The number of aliphatic carboxylic acids is 1. The Morgan fingerprint density at radius 3 is 2.93 bits per heavy atom. The molecule has 0 aromatic carbocycles. The van der Waals surface area contributed by atoms with Gasteiger partial charge in [0.15, 0.2) is 0 Å². The number of nitrogens with zero attached hydrogens (tertiary/aromatic N) is 2. The molecule has 0 fully saturated rings. The quantitative estimate of drug-likeness (QED) is 0.622. The van der Waals surface area contributed by atoms with Crippen LogP contribution in [-0.2, 0) is 11.3 Å². The Hall–Kier alpha value is -1.36. The van der Waals surface area contributed by atoms with Crippen molar-refractivity contribution in [2.75, 3.05) is 13.1 Å². The molecule has 1 heterocycles. The summed E-state index contributed by atoms with van der Waals surface area (Å²) in [6, 6.07) is 0. The largest absolute Gasteiger partial charge is 0.481 e. The maximum Gasteiger partial charge on any atom is 0.303 e. The SMILES string of the molecule is O=C(O)CCCCNCCn1ccnc1. The molecule has 1 aromatic rings. The third-order valence-corrected chi connectivity index (χ3v) is 2.10. The molecule has 0 amide bonds. The van der Waals surface area contributed by atoms with Crippen molar-refractivity contribution in [1.82, 2.24) is 14.9 Å². The monoisotopic (exact) mass is 211 g/mol. The molecule has 5 nitrogen and oxygen atoms in total. The highest BCUT2D eigenvalue weighted by Gasteiger charge is 1.95. The highest BCUT2D eigenvalue weighted by molar-refractivity contribution is 5.66. The first-order valence-corrected chi connectivity index (χ1v) is 5.17. The van der Waals surface area contributed by atoms with E-state index in [4.69, 9.17) is 5.11 Å². The van der Waals surface area contributed by atoms with Crippen molar-refractivity contribution in [1.29, 1.82) is 0 Å². The standard InChI is InChI=1S/C10H17N3O2/c14-10(15)3-1-2-4-11-5-7-13-8-6-12-9-13/h6,8-9,11H,1-5,7H2,(H,14,15). The molecule has 0 aliphatic carbocycles. The van der Waals surface area contributed by atoms with E-state index in [9.17, 15) is 4.79 Å². The summed E-state index contributed by atoms with van der Waals surface area (Å²) in [5.74, 6) is -0.714. The van der Waals surface area contributed by atoms with Gasteiger partial charge in [-0.15, -0.1) is 0 Å². The molecule has 15 heavy (non-hydrogen) atoms. The molecular formula is C10H17N3O2. The first-order chi connectivity index (χ1) is 7.29. The predicted molar refractivity (Wildman–Crippen MR) is 56.6 cm³/mol. The van der Waals surface area contributed by atoms with Crippen LogP contribution < -0.4 is 5.32 Å². The number of carbonyl (C=O) groups is 1. The average Bonchev–Trinajstić information content (AvgIpc) is 2.68. The number of imidazole rings is 1. The molecule has 0 aliphatic heterocycles. The van der Waals surface area contributed by atoms with E-state index in [1.165, 1.54) is 0 Å². The van der Waals surface area contributed by atoms with Gasteiger partial charge in [-0.3, -0.25) is 4.79 Å². The smallest absolute Gasteiger partial charge is 0.303 e. The van der Waals surface area contributed by atoms with Crippen molar-refractivity contribution in [3.63, 3.8) is 0 Å². The first kappa shape index (κ1) is 11.7. The Kier molecular flexibility index (Phi) is 5.47. The van der Waals surface area contributed by atoms with Crippen molar-refractivity contribution < 1.29 is 9.90 Å². The second-order valence-corrected chi connectivity index (χ2v) is 3.40. The van der Waals surface area contributed by atoms with Crippen LogP contribution >= 0.6 is 0 Å². The summed E-state index contributed by atoms with van der Waals surface area (Å²) >= 11 is 0. The Morgan fingerprint density at radius 1 is 1.40 bits per heavy atom. The van der Waals surface area contributed by atoms with Crippen molar-refractivity contribution in [2.45, 2.75) is 25.8 Å². The summed E-state index contributed by atoms with van der Waals surface area (Å²) in [5.41, 5.74) is 0. The Morgan fingerprint density at radius 2 is 2.27 bits per heavy atom. The van der Waals surface area contributed by atoms with Gasteiger partial charge in [0, 0.05) is 31.9 Å². The number of aromatic nitrogens is 2. The lowest BCUT2D eigenvalue weighted by Crippen LogP contribution is -2.20. The molecule has 2 N–H and O–H groups in total. The third kappa shape index (κ3) is 5.85. The van der Waals surface area contributed by atoms with Gasteiger partial charge in [-0.1, -0.05) is 0 Å². The fraction of sp³-hybridized carbons (Fsp3) is 0.600. The van der Waals surface area contributed by atoms with Crippen molar-refractivity contribution in [3.05, 3.63) is 18.7 Å². The molecule has 0 bridgehead atoms. The number of nitrogens with one attached hydrogen (secondary N) is 1. The van der Waals surface area contributed by atoms with Crippen molar-refractivity contribution in [3.8, 4) is 0 Å². The molecule has 0 saturated heterocycles. The number of hydrogen-bond donors (Lipinski definition) is 2. The number of carboxylic acid groups (broad SMARTS) is 1. The summed E-state index contributed by atoms with van der Waals surface area (Å²) < 4.78 is 2.00. The zero-order chi connectivity index (χ0) is 10.9. The minimum Gasteiger partial charge on any atom is -0.481 e. The summed E-state index contributed by atoms with van der Waals surface area (Å²) in [7, 11) is 0. The number of hydrogen-bond acceptors (Lipinski definition) is 3. The van der Waals surface area contributed by atoms with Crippen LogP contribution in [0.5, 0.6) is 0 Å². The van der Waals surface area contributed by atoms with Gasteiger partial charge in [-0.25, -0.2) is 4.98 Å². The molecule has 84 valence electrons. The van der Waals surface area contributed by atoms with E-state index in [0.29, 0.717) is 0 Å². The molecule has 5 heteroatoms. The summed E-state index contributed by atoms with van der Waals surface area (Å²) in [4.78, 5) is 14.2. The molecule has 0 spiro atoms. The molecule has 0 saturated carbocycles. The van der Waals surface area contributed by atoms with Gasteiger partial charge in [-0.05, 0) is 19.4 Å². The zero-order valence-corrected chi connectivity index (χ0v) is 8.72. The minimum atomic E-state index is -0.714. The van der Waals surface area contributed by atoms with Gasteiger partial charge in [0.05, 0.1) is 6.33 Å². The van der Waals surface area contributed by atoms with E-state index in [-0.39, 0.29) is 6.42 Å². The summed E-state index contributed by atoms with van der Waals surface area (Å²) in [6.45, 7) is 2.67. The van der Waals surface area contributed by atoms with Gasteiger partial charge in [0.2, 0.25) is 0 Å². The Bertz CT molecular complexity index is 272. The van der Waals surface area contributed by atoms with E-state index in [2.05, 4.69) is 10.3 Å². The lowest BCUT2D eigenvalue weighted by atomic mass is 10.2. The fourth-order valence-corrected chi connectivity index (χ4v) is 1.28. The lowest BCUT2D eigenvalue weighted by Gasteiger charge is -2.04. The highest BCUT2D eigenvalue weighted by atomic mass is 16.4. The highest BCUT2D eigenvalue weighted by Crippen LogP contribution is 1.93. The first-order valence-electron chi connectivity index (χ1n) is 5.17. The third-order valence-electron chi connectivity index (χ3n) is 2.10. The molecule has 0 radical (unpaired) electrons. The van der Waals surface area contributed by atoms with E-state index in [1.54, 1.807) is 12.5 Å². The van der Waals surface area contributed by atoms with Crippen LogP contribution in [0.25, 0.3) is 0 Å². The Labute approximate surface area is 89.1 Å². The van der Waals surface area contributed by atoms with Gasteiger partial charge in [0.1, 0.15) is 0 Å². The fourth-order valence-electron chi connectivity index (χ4n) is 1.28. The molecule has 0 unspecified atom stereocenters. The topological polar surface area (TPSA) is 67.2 Å². The zero-order valence-electron chi connectivity index (χ0n) is 8.72. The van der Waals surface area contributed by atoms with Crippen molar-refractivity contribution in [2.24, 2.45) is 0 Å². The van der Waals surface area contributed by atoms with Crippen LogP contribution in [0.3, 0.4) is 0 Å². The van der Waals surface area contributed by atoms with Crippen LogP contribution in [0.4, 0.5) is 0 Å². The van der Waals surface area contributed by atoms with E-state index in [0.717, 1.165) is 32.5 Å². The Balaban J connectivity index is 1.87. The van der Waals surface area contributed by atoms with Gasteiger partial charge in [0.25, 0.3) is 0 Å². The molecular weight excluding hydrogens is 194 g/mol. The van der Waals surface area contributed by atoms with Gasteiger partial charge in [-0.2, -0.15) is 0 Å². The van der Waals surface area contributed by atoms with E-state index in [1.807, 2.05) is 10.8 Å². The van der Waals surface area contributed by atoms with Crippen LogP contribution in [-0.4, -0.2) is 33.7 Å².